The highest BCUT2D eigenvalue weighted by Gasteiger charge is 2.16. The summed E-state index contributed by atoms with van der Waals surface area (Å²) in [5, 5.41) is 16.2. The maximum Gasteiger partial charge on any atom is 0.252 e. The van der Waals surface area contributed by atoms with Gasteiger partial charge in [0.15, 0.2) is 0 Å². The Morgan fingerprint density at radius 1 is 1.22 bits per heavy atom. The van der Waals surface area contributed by atoms with Gasteiger partial charge in [0.2, 0.25) is 0 Å². The van der Waals surface area contributed by atoms with Crippen molar-refractivity contribution in [1.29, 1.82) is 0 Å². The maximum absolute atomic E-state index is 12.3. The van der Waals surface area contributed by atoms with Gasteiger partial charge >= 0.3 is 0 Å². The van der Waals surface area contributed by atoms with Crippen LogP contribution in [0.4, 0.5) is 0 Å². The Morgan fingerprint density at radius 2 is 1.96 bits per heavy atom. The summed E-state index contributed by atoms with van der Waals surface area (Å²) in [6.07, 6.45) is 1.23. The van der Waals surface area contributed by atoms with Gasteiger partial charge < -0.3 is 10.4 Å². The molecule has 0 spiro atoms. The Hall–Kier alpha value is -1.82. The number of nitrogens with one attached hydrogen (secondary N) is 1. The molecule has 3 nitrogen and oxygen atoms in total. The molecule has 2 N–H and O–H groups in total. The lowest BCUT2D eigenvalue weighted by Crippen LogP contribution is -2.28. The van der Waals surface area contributed by atoms with Gasteiger partial charge in [-0.25, -0.2) is 0 Å². The van der Waals surface area contributed by atoms with E-state index in [1.54, 1.807) is 17.4 Å². The van der Waals surface area contributed by atoms with E-state index >= 15 is 0 Å². The van der Waals surface area contributed by atoms with Gasteiger partial charge in [-0.05, 0) is 35.2 Å². The minimum absolute atomic E-state index is 0.159. The van der Waals surface area contributed by atoms with Crippen LogP contribution in [0, 0.1) is 0 Å². The predicted molar refractivity (Wildman–Crippen MR) is 97.3 cm³/mol. The van der Waals surface area contributed by atoms with E-state index < -0.39 is 6.10 Å². The van der Waals surface area contributed by atoms with Crippen molar-refractivity contribution in [2.24, 2.45) is 0 Å². The lowest BCUT2D eigenvalue weighted by atomic mass is 10.1. The number of aliphatic hydroxyl groups excluding tert-OH is 1. The third-order valence-electron chi connectivity index (χ3n) is 3.68. The third kappa shape index (κ3) is 3.42. The van der Waals surface area contributed by atoms with Crippen LogP contribution in [0.3, 0.4) is 0 Å². The molecule has 1 aromatic heterocycles. The van der Waals surface area contributed by atoms with Gasteiger partial charge in [0.05, 0.1) is 11.7 Å². The molecule has 3 rings (SSSR count). The number of aliphatic hydroxyl groups is 1. The van der Waals surface area contributed by atoms with Gasteiger partial charge in [-0.1, -0.05) is 30.3 Å². The van der Waals surface area contributed by atoms with Crippen LogP contribution in [0.15, 0.2) is 58.8 Å². The van der Waals surface area contributed by atoms with Crippen LogP contribution in [0.2, 0.25) is 0 Å². The Labute approximate surface area is 143 Å². The Kier molecular flexibility index (Phi) is 5.00. The summed E-state index contributed by atoms with van der Waals surface area (Å²) in [6.45, 7) is 0.197. The second-order valence-corrected chi connectivity index (χ2v) is 6.87. The largest absolute Gasteiger partial charge is 0.387 e. The van der Waals surface area contributed by atoms with Gasteiger partial charge in [0.25, 0.3) is 5.91 Å². The summed E-state index contributed by atoms with van der Waals surface area (Å²) in [5.41, 5.74) is 1.51. The van der Waals surface area contributed by atoms with Crippen LogP contribution in [0.5, 0.6) is 0 Å². The first kappa shape index (κ1) is 16.1. The average molecular weight is 343 g/mol. The van der Waals surface area contributed by atoms with E-state index in [4.69, 9.17) is 0 Å². The molecular formula is C18H17NO2S2. The van der Waals surface area contributed by atoms with Gasteiger partial charge in [-0.2, -0.15) is 0 Å². The highest BCUT2D eigenvalue weighted by molar-refractivity contribution is 7.98. The standard InChI is InChI=1S/C18H17NO2S2/c1-22-16-8-4-3-7-13(16)18(21)19-10-15(20)14-11-23-17-9-5-2-6-12(14)17/h2-9,11,15,20H,10H2,1H3,(H,19,21)/t15-/m0/s1. The van der Waals surface area contributed by atoms with Gasteiger partial charge in [0.1, 0.15) is 0 Å². The zero-order valence-corrected chi connectivity index (χ0v) is 14.3. The normalized spacial score (nSPS) is 12.3. The number of carbonyl (C=O) groups is 1. The zero-order chi connectivity index (χ0) is 16.2. The van der Waals surface area contributed by atoms with E-state index in [0.29, 0.717) is 5.56 Å². The number of thiophene rings is 1. The average Bonchev–Trinajstić information content (AvgIpc) is 3.03. The maximum atomic E-state index is 12.3. The van der Waals surface area contributed by atoms with Crippen molar-refractivity contribution < 1.29 is 9.90 Å². The SMILES string of the molecule is CSc1ccccc1C(=O)NC[C@H](O)c1csc2ccccc12. The molecule has 0 radical (unpaired) electrons. The lowest BCUT2D eigenvalue weighted by Gasteiger charge is -2.13. The van der Waals surface area contributed by atoms with E-state index in [1.807, 2.05) is 54.1 Å². The summed E-state index contributed by atoms with van der Waals surface area (Å²) >= 11 is 3.14. The first-order valence-corrected chi connectivity index (χ1v) is 9.36. The molecule has 23 heavy (non-hydrogen) atoms. The highest BCUT2D eigenvalue weighted by Crippen LogP contribution is 2.30. The van der Waals surface area contributed by atoms with Gasteiger partial charge in [-0.3, -0.25) is 4.79 Å². The molecule has 1 atom stereocenters. The van der Waals surface area contributed by atoms with Crippen molar-refractivity contribution in [3.63, 3.8) is 0 Å². The molecule has 0 aliphatic rings. The van der Waals surface area contributed by atoms with Gasteiger partial charge in [-0.15, -0.1) is 23.1 Å². The number of hydrogen-bond acceptors (Lipinski definition) is 4. The first-order chi connectivity index (χ1) is 11.2. The van der Waals surface area contributed by atoms with E-state index in [0.717, 1.165) is 20.5 Å². The van der Waals surface area contributed by atoms with E-state index in [9.17, 15) is 9.90 Å². The van der Waals surface area contributed by atoms with Crippen LogP contribution in [-0.4, -0.2) is 23.8 Å². The summed E-state index contributed by atoms with van der Waals surface area (Å²) < 4.78 is 1.14. The number of benzene rings is 2. The number of carbonyl (C=O) groups excluding carboxylic acids is 1. The second kappa shape index (κ2) is 7.17. The molecule has 3 aromatic rings. The second-order valence-electron chi connectivity index (χ2n) is 5.11. The molecule has 0 unspecified atom stereocenters. The Bertz CT molecular complexity index is 829. The van der Waals surface area contributed by atoms with Crippen molar-refractivity contribution in [2.75, 3.05) is 12.8 Å². The molecule has 0 saturated heterocycles. The summed E-state index contributed by atoms with van der Waals surface area (Å²) in [7, 11) is 0. The van der Waals surface area contributed by atoms with Crippen LogP contribution in [0.1, 0.15) is 22.0 Å². The van der Waals surface area contributed by atoms with E-state index in [1.165, 1.54) is 11.8 Å². The zero-order valence-electron chi connectivity index (χ0n) is 12.7. The number of thioether (sulfide) groups is 1. The topological polar surface area (TPSA) is 49.3 Å². The van der Waals surface area contributed by atoms with Crippen LogP contribution in [0.25, 0.3) is 10.1 Å². The first-order valence-electron chi connectivity index (χ1n) is 7.26. The van der Waals surface area contributed by atoms with Crippen molar-refractivity contribution in [1.82, 2.24) is 5.32 Å². The predicted octanol–water partition coefficient (Wildman–Crippen LogP) is 4.09. The lowest BCUT2D eigenvalue weighted by molar-refractivity contribution is 0.0914. The van der Waals surface area contributed by atoms with Crippen LogP contribution >= 0.6 is 23.1 Å². The molecule has 1 heterocycles. The summed E-state index contributed by atoms with van der Waals surface area (Å²) in [5.74, 6) is -0.159. The molecule has 118 valence electrons. The minimum Gasteiger partial charge on any atom is -0.387 e. The molecule has 0 fully saturated rings. The quantitative estimate of drug-likeness (QED) is 0.686. The number of fused-ring (bicyclic) bond motifs is 1. The Morgan fingerprint density at radius 3 is 2.78 bits per heavy atom. The number of rotatable bonds is 5. The fraction of sp³-hybridized carbons (Fsp3) is 0.167. The van der Waals surface area contributed by atoms with Crippen LogP contribution in [-0.2, 0) is 0 Å². The van der Waals surface area contributed by atoms with Crippen LogP contribution < -0.4 is 5.32 Å². The van der Waals surface area contributed by atoms with Crippen molar-refractivity contribution in [3.8, 4) is 0 Å². The number of hydrogen-bond donors (Lipinski definition) is 2. The van der Waals surface area contributed by atoms with Crippen molar-refractivity contribution in [2.45, 2.75) is 11.0 Å². The summed E-state index contributed by atoms with van der Waals surface area (Å²) in [4.78, 5) is 13.3. The van der Waals surface area contributed by atoms with Gasteiger partial charge in [0, 0.05) is 21.7 Å². The molecule has 0 aliphatic heterocycles. The minimum atomic E-state index is -0.712. The molecule has 0 bridgehead atoms. The van der Waals surface area contributed by atoms with E-state index in [-0.39, 0.29) is 12.5 Å². The van der Waals surface area contributed by atoms with Crippen molar-refractivity contribution in [3.05, 3.63) is 65.0 Å². The van der Waals surface area contributed by atoms with E-state index in [2.05, 4.69) is 5.32 Å². The molecule has 5 heteroatoms. The monoisotopic (exact) mass is 343 g/mol. The smallest absolute Gasteiger partial charge is 0.252 e. The molecule has 1 amide bonds. The Balaban J connectivity index is 1.71. The molecule has 2 aromatic carbocycles. The number of amides is 1. The molecular weight excluding hydrogens is 326 g/mol. The summed E-state index contributed by atoms with van der Waals surface area (Å²) in [6, 6.07) is 15.4. The fourth-order valence-corrected chi connectivity index (χ4v) is 4.09. The third-order valence-corrected chi connectivity index (χ3v) is 5.46. The fourth-order valence-electron chi connectivity index (χ4n) is 2.48. The molecule has 0 saturated carbocycles. The highest BCUT2D eigenvalue weighted by atomic mass is 32.2. The van der Waals surface area contributed by atoms with Crippen molar-refractivity contribution >= 4 is 39.1 Å². The molecule has 0 aliphatic carbocycles.